The van der Waals surface area contributed by atoms with Crippen LogP contribution in [0.4, 0.5) is 0 Å². The average Bonchev–Trinajstić information content (AvgIpc) is 2.52. The Morgan fingerprint density at radius 2 is 1.07 bits per heavy atom. The van der Waals surface area contributed by atoms with Gasteiger partial charge in [0.1, 0.15) is 5.78 Å². The molecule has 7 heteroatoms. The zero-order chi connectivity index (χ0) is 19.9. The predicted octanol–water partition coefficient (Wildman–Crippen LogP) is 2.54. The molecule has 156 valence electrons. The van der Waals surface area contributed by atoms with Crippen LogP contribution in [0.5, 0.6) is 0 Å². The number of carbonyl (C=O) groups excluding carboxylic acids is 1. The molecule has 5 nitrogen and oxygen atoms in total. The van der Waals surface area contributed by atoms with E-state index in [0.29, 0.717) is 12.2 Å². The van der Waals surface area contributed by atoms with Crippen LogP contribution in [0.2, 0.25) is 0 Å². The van der Waals surface area contributed by atoms with E-state index in [1.54, 1.807) is 0 Å². The second-order valence-corrected chi connectivity index (χ2v) is 9.30. The molecular formula is C20H39NaO5S. The summed E-state index contributed by atoms with van der Waals surface area (Å²) in [7, 11) is -4.52. The van der Waals surface area contributed by atoms with Crippen LogP contribution in [-0.2, 0) is 19.4 Å². The topological polar surface area (TPSA) is 83.5 Å². The molecule has 0 amide bonds. The van der Waals surface area contributed by atoms with Gasteiger partial charge in [-0.25, -0.2) is 8.42 Å². The quantitative estimate of drug-likeness (QED) is 0.158. The van der Waals surface area contributed by atoms with Gasteiger partial charge >= 0.3 is 29.6 Å². The molecular weight excluding hydrogens is 375 g/mol. The SMILES string of the molecule is CC(C)(C)C(=O)CCCCCCCCCCCCCCCOS(=O)(=O)[O-].[Na+]. The van der Waals surface area contributed by atoms with Crippen LogP contribution in [0.15, 0.2) is 0 Å². The first-order valence-electron chi connectivity index (χ1n) is 10.3. The Kier molecular flexibility index (Phi) is 19.2. The minimum Gasteiger partial charge on any atom is -0.726 e. The van der Waals surface area contributed by atoms with Crippen molar-refractivity contribution in [3.8, 4) is 0 Å². The Morgan fingerprint density at radius 1 is 0.741 bits per heavy atom. The summed E-state index contributed by atoms with van der Waals surface area (Å²) in [4.78, 5) is 11.8. The Labute approximate surface area is 189 Å². The van der Waals surface area contributed by atoms with Gasteiger partial charge in [0, 0.05) is 11.8 Å². The van der Waals surface area contributed by atoms with E-state index in [4.69, 9.17) is 0 Å². The molecule has 0 rings (SSSR count). The fourth-order valence-electron chi connectivity index (χ4n) is 2.87. The van der Waals surface area contributed by atoms with Crippen LogP contribution in [0.3, 0.4) is 0 Å². The van der Waals surface area contributed by atoms with E-state index in [1.807, 2.05) is 20.8 Å². The molecule has 0 saturated heterocycles. The molecule has 0 radical (unpaired) electrons. The normalized spacial score (nSPS) is 12.0. The average molecular weight is 415 g/mol. The smallest absolute Gasteiger partial charge is 0.726 e. The van der Waals surface area contributed by atoms with Crippen LogP contribution in [0.1, 0.15) is 111 Å². The zero-order valence-electron chi connectivity index (χ0n) is 18.1. The van der Waals surface area contributed by atoms with E-state index in [9.17, 15) is 17.8 Å². The van der Waals surface area contributed by atoms with Gasteiger partial charge in [0.05, 0.1) is 6.61 Å². The van der Waals surface area contributed by atoms with Crippen molar-refractivity contribution in [3.63, 3.8) is 0 Å². The van der Waals surface area contributed by atoms with Gasteiger partial charge in [0.2, 0.25) is 10.4 Å². The van der Waals surface area contributed by atoms with Gasteiger partial charge in [-0.1, -0.05) is 91.4 Å². The van der Waals surface area contributed by atoms with Gasteiger partial charge in [0.15, 0.2) is 0 Å². The monoisotopic (exact) mass is 414 g/mol. The van der Waals surface area contributed by atoms with E-state index < -0.39 is 10.4 Å². The van der Waals surface area contributed by atoms with Crippen molar-refractivity contribution in [3.05, 3.63) is 0 Å². The van der Waals surface area contributed by atoms with Gasteiger partial charge in [0.25, 0.3) is 0 Å². The van der Waals surface area contributed by atoms with Crippen LogP contribution < -0.4 is 29.6 Å². The Balaban J connectivity index is 0. The molecule has 0 bridgehead atoms. The molecule has 27 heavy (non-hydrogen) atoms. The summed E-state index contributed by atoms with van der Waals surface area (Å²) in [6, 6.07) is 0. The van der Waals surface area contributed by atoms with Crippen molar-refractivity contribution < 1.29 is 51.5 Å². The fourth-order valence-corrected chi connectivity index (χ4v) is 3.19. The van der Waals surface area contributed by atoms with E-state index in [2.05, 4.69) is 4.18 Å². The van der Waals surface area contributed by atoms with Crippen LogP contribution in [0, 0.1) is 5.41 Å². The number of unbranched alkanes of at least 4 members (excludes halogenated alkanes) is 12. The second-order valence-electron chi connectivity index (χ2n) is 8.25. The van der Waals surface area contributed by atoms with Gasteiger partial charge in [-0.3, -0.25) is 8.98 Å². The van der Waals surface area contributed by atoms with Crippen LogP contribution in [0.25, 0.3) is 0 Å². The summed E-state index contributed by atoms with van der Waals surface area (Å²) >= 11 is 0. The third-order valence-electron chi connectivity index (χ3n) is 4.61. The molecule has 0 aliphatic carbocycles. The van der Waals surface area contributed by atoms with E-state index in [-0.39, 0.29) is 41.6 Å². The molecule has 0 aliphatic heterocycles. The maximum Gasteiger partial charge on any atom is 1.00 e. The number of hydrogen-bond acceptors (Lipinski definition) is 5. The third kappa shape index (κ3) is 22.7. The largest absolute Gasteiger partial charge is 1.00 e. The number of rotatable bonds is 17. The summed E-state index contributed by atoms with van der Waals surface area (Å²) < 4.78 is 34.9. The molecule has 0 aliphatic rings. The van der Waals surface area contributed by atoms with Crippen molar-refractivity contribution in [2.24, 2.45) is 5.41 Å². The summed E-state index contributed by atoms with van der Waals surface area (Å²) in [6.45, 7) is 5.98. The van der Waals surface area contributed by atoms with Crippen molar-refractivity contribution in [1.29, 1.82) is 0 Å². The zero-order valence-corrected chi connectivity index (χ0v) is 20.9. The maximum absolute atomic E-state index is 11.8. The van der Waals surface area contributed by atoms with E-state index in [1.165, 1.54) is 51.4 Å². The summed E-state index contributed by atoms with van der Waals surface area (Å²) in [6.07, 6.45) is 15.5. The minimum atomic E-state index is -4.52. The van der Waals surface area contributed by atoms with Gasteiger partial charge in [-0.05, 0) is 12.8 Å². The molecule has 0 aromatic rings. The maximum atomic E-state index is 11.8. The van der Waals surface area contributed by atoms with Crippen molar-refractivity contribution in [2.45, 2.75) is 111 Å². The first-order valence-corrected chi connectivity index (χ1v) is 11.6. The Hall–Kier alpha value is 0.540. The fraction of sp³-hybridized carbons (Fsp3) is 0.950. The summed E-state index contributed by atoms with van der Waals surface area (Å²) in [5.41, 5.74) is -0.189. The summed E-state index contributed by atoms with van der Waals surface area (Å²) in [5.74, 6) is 0.375. The second kappa shape index (κ2) is 17.4. The number of ketones is 1. The van der Waals surface area contributed by atoms with Crippen molar-refractivity contribution >= 4 is 16.2 Å². The van der Waals surface area contributed by atoms with Gasteiger partial charge < -0.3 is 4.55 Å². The summed E-state index contributed by atoms with van der Waals surface area (Å²) in [5, 5.41) is 0. The first kappa shape index (κ1) is 29.7. The van der Waals surface area contributed by atoms with Crippen LogP contribution in [-0.4, -0.2) is 25.4 Å². The number of Topliss-reactive ketones (excluding diaryl/α,β-unsaturated/α-hetero) is 1. The third-order valence-corrected chi connectivity index (χ3v) is 5.07. The Morgan fingerprint density at radius 3 is 1.41 bits per heavy atom. The molecule has 0 saturated carbocycles. The molecule has 0 N–H and O–H groups in total. The number of carbonyl (C=O) groups is 1. The minimum absolute atomic E-state index is 0. The molecule has 0 unspecified atom stereocenters. The Bertz CT molecular complexity index is 457. The molecule has 0 heterocycles. The van der Waals surface area contributed by atoms with Crippen molar-refractivity contribution in [1.82, 2.24) is 0 Å². The molecule has 0 aromatic heterocycles. The first-order chi connectivity index (χ1) is 12.1. The van der Waals surface area contributed by atoms with Crippen molar-refractivity contribution in [2.75, 3.05) is 6.61 Å². The predicted molar refractivity (Wildman–Crippen MR) is 105 cm³/mol. The van der Waals surface area contributed by atoms with E-state index in [0.717, 1.165) is 32.1 Å². The molecule has 0 spiro atoms. The molecule has 0 fully saturated rings. The standard InChI is InChI=1S/C20H40O5S.Na/c1-20(2,3)19(21)17-15-13-11-9-7-5-4-6-8-10-12-14-16-18-25-26(22,23)24;/h4-18H2,1-3H3,(H,22,23,24);/q;+1/p-1. The van der Waals surface area contributed by atoms with E-state index >= 15 is 0 Å². The van der Waals surface area contributed by atoms with Gasteiger partial charge in [-0.2, -0.15) is 0 Å². The molecule has 0 atom stereocenters. The molecule has 0 aromatic carbocycles. The van der Waals surface area contributed by atoms with Gasteiger partial charge in [-0.15, -0.1) is 0 Å². The van der Waals surface area contributed by atoms with Crippen LogP contribution >= 0.6 is 0 Å². The number of hydrogen-bond donors (Lipinski definition) is 0.